The van der Waals surface area contributed by atoms with Crippen molar-refractivity contribution in [2.75, 3.05) is 19.0 Å². The van der Waals surface area contributed by atoms with Crippen molar-refractivity contribution in [2.45, 2.75) is 0 Å². The Kier molecular flexibility index (Phi) is 6.83. The van der Waals surface area contributed by atoms with Crippen molar-refractivity contribution in [1.29, 1.82) is 0 Å². The molecule has 0 saturated heterocycles. The minimum Gasteiger partial charge on any atom is -0.493 e. The van der Waals surface area contributed by atoms with E-state index in [4.69, 9.17) is 13.9 Å². The largest absolute Gasteiger partial charge is 0.493 e. The predicted octanol–water partition coefficient (Wildman–Crippen LogP) is 4.36. The summed E-state index contributed by atoms with van der Waals surface area (Å²) in [6.07, 6.45) is 1.37. The second-order valence-electron chi connectivity index (χ2n) is 7.07. The third kappa shape index (κ3) is 5.39. The van der Waals surface area contributed by atoms with Gasteiger partial charge in [0.2, 0.25) is 0 Å². The van der Waals surface area contributed by atoms with Crippen LogP contribution in [0.3, 0.4) is 0 Å². The van der Waals surface area contributed by atoms with E-state index >= 15 is 0 Å². The first-order chi connectivity index (χ1) is 16.5. The first-order valence-electron chi connectivity index (χ1n) is 10.2. The van der Waals surface area contributed by atoms with Gasteiger partial charge in [0.25, 0.3) is 5.91 Å². The van der Waals surface area contributed by atoms with Gasteiger partial charge in [0.15, 0.2) is 23.9 Å². The Bertz CT molecular complexity index is 1320. The molecule has 0 saturated carbocycles. The Hall–Kier alpha value is -4.66. The Balaban J connectivity index is 1.42. The van der Waals surface area contributed by atoms with Gasteiger partial charge >= 0.3 is 5.91 Å². The number of methoxy groups -OCH3 is 1. The zero-order chi connectivity index (χ0) is 23.9. The maximum atomic E-state index is 13.0. The number of carbonyl (C=O) groups excluding carboxylic acids is 2. The van der Waals surface area contributed by atoms with Gasteiger partial charge in [0, 0.05) is 16.6 Å². The molecule has 1 heterocycles. The highest BCUT2D eigenvalue weighted by molar-refractivity contribution is 5.97. The zero-order valence-electron chi connectivity index (χ0n) is 18.1. The second kappa shape index (κ2) is 10.3. The fraction of sp³-hybridized carbons (Fsp3) is 0.0800. The molecule has 0 spiro atoms. The Morgan fingerprint density at radius 1 is 1.06 bits per heavy atom. The summed E-state index contributed by atoms with van der Waals surface area (Å²) in [6.45, 7) is -0.329. The number of carbonyl (C=O) groups is 2. The lowest BCUT2D eigenvalue weighted by Crippen LogP contribution is -2.21. The molecule has 34 heavy (non-hydrogen) atoms. The first kappa shape index (κ1) is 22.5. The van der Waals surface area contributed by atoms with Crippen molar-refractivity contribution in [3.8, 4) is 11.5 Å². The quantitative estimate of drug-likeness (QED) is 0.300. The number of furan rings is 1. The zero-order valence-corrected chi connectivity index (χ0v) is 18.1. The molecule has 0 aliphatic carbocycles. The SMILES string of the molecule is COc1cccc(/C=N/NC(=O)c2cc3ccccc3o2)c1OCC(=O)Nc1ccc(F)cc1. The number of fused-ring (bicyclic) bond motifs is 1. The molecule has 0 bridgehead atoms. The fourth-order valence-electron chi connectivity index (χ4n) is 3.13. The van der Waals surface area contributed by atoms with Crippen molar-refractivity contribution >= 4 is 34.7 Å². The van der Waals surface area contributed by atoms with Crippen LogP contribution < -0.4 is 20.2 Å². The molecule has 9 heteroatoms. The highest BCUT2D eigenvalue weighted by atomic mass is 19.1. The maximum absolute atomic E-state index is 13.0. The van der Waals surface area contributed by atoms with Crippen LogP contribution in [0.2, 0.25) is 0 Å². The summed E-state index contributed by atoms with van der Waals surface area (Å²) in [6, 6.07) is 19.3. The van der Waals surface area contributed by atoms with Gasteiger partial charge in [-0.2, -0.15) is 5.10 Å². The summed E-state index contributed by atoms with van der Waals surface area (Å²) in [4.78, 5) is 24.6. The molecule has 0 aliphatic rings. The lowest BCUT2D eigenvalue weighted by molar-refractivity contribution is -0.118. The molecular formula is C25H20FN3O5. The van der Waals surface area contributed by atoms with E-state index in [1.54, 1.807) is 30.3 Å². The van der Waals surface area contributed by atoms with E-state index in [-0.39, 0.29) is 18.1 Å². The van der Waals surface area contributed by atoms with E-state index in [9.17, 15) is 14.0 Å². The summed E-state index contributed by atoms with van der Waals surface area (Å²) in [5.41, 5.74) is 3.91. The maximum Gasteiger partial charge on any atom is 0.307 e. The number of hydrogen-bond acceptors (Lipinski definition) is 6. The van der Waals surface area contributed by atoms with Crippen molar-refractivity contribution in [3.05, 3.63) is 89.9 Å². The number of rotatable bonds is 8. The third-order valence-corrected chi connectivity index (χ3v) is 4.72. The summed E-state index contributed by atoms with van der Waals surface area (Å²) in [5.74, 6) is -0.601. The number of hydrazone groups is 1. The van der Waals surface area contributed by atoms with Crippen LogP contribution in [0.15, 0.2) is 82.3 Å². The number of halogens is 1. The highest BCUT2D eigenvalue weighted by Crippen LogP contribution is 2.30. The summed E-state index contributed by atoms with van der Waals surface area (Å²) in [5, 5.41) is 7.39. The lowest BCUT2D eigenvalue weighted by atomic mass is 10.2. The minimum atomic E-state index is -0.517. The molecule has 0 atom stereocenters. The molecule has 0 radical (unpaired) electrons. The number of anilines is 1. The summed E-state index contributed by atoms with van der Waals surface area (Å²) in [7, 11) is 1.46. The smallest absolute Gasteiger partial charge is 0.307 e. The van der Waals surface area contributed by atoms with Gasteiger partial charge in [-0.25, -0.2) is 9.82 Å². The topological polar surface area (TPSA) is 102 Å². The van der Waals surface area contributed by atoms with Gasteiger partial charge in [-0.05, 0) is 48.5 Å². The van der Waals surface area contributed by atoms with Gasteiger partial charge in [-0.1, -0.05) is 24.3 Å². The number of para-hydroxylation sites is 2. The minimum absolute atomic E-state index is 0.123. The Morgan fingerprint density at radius 2 is 1.85 bits per heavy atom. The average molecular weight is 461 g/mol. The number of hydrogen-bond donors (Lipinski definition) is 2. The molecule has 0 fully saturated rings. The van der Waals surface area contributed by atoms with E-state index in [0.29, 0.717) is 22.6 Å². The van der Waals surface area contributed by atoms with Crippen LogP contribution in [-0.2, 0) is 4.79 Å². The second-order valence-corrected chi connectivity index (χ2v) is 7.07. The monoisotopic (exact) mass is 461 g/mol. The van der Waals surface area contributed by atoms with Crippen LogP contribution >= 0.6 is 0 Å². The first-order valence-corrected chi connectivity index (χ1v) is 10.2. The van der Waals surface area contributed by atoms with Gasteiger partial charge in [0.1, 0.15) is 11.4 Å². The Morgan fingerprint density at radius 3 is 2.62 bits per heavy atom. The van der Waals surface area contributed by atoms with E-state index in [1.807, 2.05) is 18.2 Å². The molecule has 0 aliphatic heterocycles. The van der Waals surface area contributed by atoms with Crippen LogP contribution in [0.1, 0.15) is 16.1 Å². The normalized spacial score (nSPS) is 10.9. The molecule has 1 aromatic heterocycles. The van der Waals surface area contributed by atoms with Crippen molar-refractivity contribution < 1.29 is 27.9 Å². The molecule has 2 amide bonds. The van der Waals surface area contributed by atoms with Crippen LogP contribution in [0.25, 0.3) is 11.0 Å². The van der Waals surface area contributed by atoms with E-state index in [0.717, 1.165) is 5.39 Å². The van der Waals surface area contributed by atoms with E-state index in [2.05, 4.69) is 15.8 Å². The molecule has 4 rings (SSSR count). The molecule has 172 valence electrons. The number of ether oxygens (including phenoxy) is 2. The van der Waals surface area contributed by atoms with Crippen LogP contribution in [0.5, 0.6) is 11.5 Å². The number of benzene rings is 3. The molecule has 3 aromatic carbocycles. The van der Waals surface area contributed by atoms with E-state index < -0.39 is 17.6 Å². The molecule has 4 aromatic rings. The summed E-state index contributed by atoms with van der Waals surface area (Å²) >= 11 is 0. The number of amides is 2. The molecular weight excluding hydrogens is 441 g/mol. The molecule has 0 unspecified atom stereocenters. The van der Waals surface area contributed by atoms with Gasteiger partial charge in [-0.3, -0.25) is 9.59 Å². The van der Waals surface area contributed by atoms with Crippen molar-refractivity contribution in [2.24, 2.45) is 5.10 Å². The van der Waals surface area contributed by atoms with E-state index in [1.165, 1.54) is 37.6 Å². The number of nitrogens with one attached hydrogen (secondary N) is 2. The standard InChI is InChI=1S/C25H20FN3O5/c1-32-21-8-4-6-17(24(21)33-15-23(30)28-19-11-9-18(26)10-12-19)14-27-29-25(31)22-13-16-5-2-3-7-20(16)34-22/h2-14H,15H2,1H3,(H,28,30)(H,29,31)/b27-14+. The van der Waals surface area contributed by atoms with Gasteiger partial charge in [0.05, 0.1) is 13.3 Å². The van der Waals surface area contributed by atoms with Gasteiger partial charge < -0.3 is 19.2 Å². The number of nitrogens with zero attached hydrogens (tertiary/aromatic N) is 1. The Labute approximate surface area is 194 Å². The van der Waals surface area contributed by atoms with Crippen LogP contribution in [-0.4, -0.2) is 31.7 Å². The predicted molar refractivity (Wildman–Crippen MR) is 125 cm³/mol. The van der Waals surface area contributed by atoms with Crippen molar-refractivity contribution in [3.63, 3.8) is 0 Å². The van der Waals surface area contributed by atoms with Crippen molar-refractivity contribution in [1.82, 2.24) is 5.43 Å². The van der Waals surface area contributed by atoms with Crippen LogP contribution in [0.4, 0.5) is 10.1 Å². The molecule has 8 nitrogen and oxygen atoms in total. The third-order valence-electron chi connectivity index (χ3n) is 4.72. The van der Waals surface area contributed by atoms with Crippen LogP contribution in [0, 0.1) is 5.82 Å². The lowest BCUT2D eigenvalue weighted by Gasteiger charge is -2.13. The fourth-order valence-corrected chi connectivity index (χ4v) is 3.13. The summed E-state index contributed by atoms with van der Waals surface area (Å²) < 4.78 is 29.5. The molecule has 2 N–H and O–H groups in total. The average Bonchev–Trinajstić information content (AvgIpc) is 3.29. The van der Waals surface area contributed by atoms with Gasteiger partial charge in [-0.15, -0.1) is 0 Å². The highest BCUT2D eigenvalue weighted by Gasteiger charge is 2.14.